The summed E-state index contributed by atoms with van der Waals surface area (Å²) in [6, 6.07) is 4.08. The fraction of sp³-hybridized carbons (Fsp3) is 0.533. The largest absolute Gasteiger partial charge is 0.482 e. The number of amides is 1. The lowest BCUT2D eigenvalue weighted by Crippen LogP contribution is -2.26. The molecule has 0 aromatic heterocycles. The molecule has 1 fully saturated rings. The van der Waals surface area contributed by atoms with Gasteiger partial charge in [-0.1, -0.05) is 13.8 Å². The van der Waals surface area contributed by atoms with Crippen LogP contribution in [0.5, 0.6) is 5.75 Å². The monoisotopic (exact) mass is 275 g/mol. The van der Waals surface area contributed by atoms with Crippen LogP contribution < -0.4 is 21.1 Å². The highest BCUT2D eigenvalue weighted by molar-refractivity contribution is 5.97. The number of benzene rings is 1. The van der Waals surface area contributed by atoms with E-state index in [2.05, 4.69) is 24.5 Å². The molecule has 5 heteroatoms. The van der Waals surface area contributed by atoms with E-state index in [0.29, 0.717) is 28.6 Å². The van der Waals surface area contributed by atoms with Gasteiger partial charge in [0.1, 0.15) is 5.75 Å². The van der Waals surface area contributed by atoms with Crippen molar-refractivity contribution in [1.29, 1.82) is 0 Å². The van der Waals surface area contributed by atoms with Gasteiger partial charge in [-0.25, -0.2) is 0 Å². The highest BCUT2D eigenvalue weighted by Crippen LogP contribution is 2.40. The first-order valence-corrected chi connectivity index (χ1v) is 7.06. The van der Waals surface area contributed by atoms with Crippen LogP contribution in [0.2, 0.25) is 0 Å². The Balaban J connectivity index is 1.80. The number of hydrogen-bond donors (Lipinski definition) is 3. The Labute approximate surface area is 118 Å². The number of ether oxygens (including phenoxy) is 1. The summed E-state index contributed by atoms with van der Waals surface area (Å²) in [6.45, 7) is 4.63. The van der Waals surface area contributed by atoms with E-state index in [9.17, 15) is 4.79 Å². The van der Waals surface area contributed by atoms with Gasteiger partial charge >= 0.3 is 0 Å². The van der Waals surface area contributed by atoms with E-state index in [-0.39, 0.29) is 12.5 Å². The highest BCUT2D eigenvalue weighted by Gasteiger charge is 2.31. The standard InChI is InChI=1S/C15H21N3O2/c1-15(2)4-3-9(7-15)17-11-6-12-13(5-10(11)16)20-8-14(19)18-12/h5-6,9,17H,3-4,7-8,16H2,1-2H3,(H,18,19). The van der Waals surface area contributed by atoms with E-state index in [1.807, 2.05) is 6.07 Å². The lowest BCUT2D eigenvalue weighted by Gasteiger charge is -2.23. The van der Waals surface area contributed by atoms with Crippen molar-refractivity contribution < 1.29 is 9.53 Å². The number of rotatable bonds is 2. The molecule has 0 bridgehead atoms. The van der Waals surface area contributed by atoms with Crippen molar-refractivity contribution in [1.82, 2.24) is 0 Å². The highest BCUT2D eigenvalue weighted by atomic mass is 16.5. The van der Waals surface area contributed by atoms with Crippen molar-refractivity contribution in [3.63, 3.8) is 0 Å². The second-order valence-electron chi connectivity index (χ2n) is 6.52. The molecular formula is C15H21N3O2. The molecule has 0 radical (unpaired) electrons. The van der Waals surface area contributed by atoms with Crippen LogP contribution in [0.3, 0.4) is 0 Å². The Bertz CT molecular complexity index is 554. The second kappa shape index (κ2) is 4.58. The second-order valence-corrected chi connectivity index (χ2v) is 6.52. The van der Waals surface area contributed by atoms with Crippen molar-refractivity contribution >= 4 is 23.0 Å². The van der Waals surface area contributed by atoms with E-state index in [0.717, 1.165) is 18.5 Å². The lowest BCUT2D eigenvalue weighted by atomic mass is 9.92. The van der Waals surface area contributed by atoms with Crippen LogP contribution in [0.1, 0.15) is 33.1 Å². The molecule has 1 atom stereocenters. The molecule has 1 aliphatic heterocycles. The van der Waals surface area contributed by atoms with Gasteiger partial charge in [-0.05, 0) is 30.7 Å². The average molecular weight is 275 g/mol. The summed E-state index contributed by atoms with van der Waals surface area (Å²) in [6.07, 6.45) is 3.49. The first-order chi connectivity index (χ1) is 9.43. The summed E-state index contributed by atoms with van der Waals surface area (Å²) < 4.78 is 5.35. The molecular weight excluding hydrogens is 254 g/mol. The van der Waals surface area contributed by atoms with Crippen molar-refractivity contribution in [3.8, 4) is 5.75 Å². The normalized spacial score (nSPS) is 23.7. The van der Waals surface area contributed by atoms with Gasteiger partial charge in [0.25, 0.3) is 5.91 Å². The molecule has 1 unspecified atom stereocenters. The topological polar surface area (TPSA) is 76.4 Å². The molecule has 1 aromatic rings. The van der Waals surface area contributed by atoms with Gasteiger partial charge in [-0.2, -0.15) is 0 Å². The van der Waals surface area contributed by atoms with Crippen molar-refractivity contribution in [2.45, 2.75) is 39.2 Å². The van der Waals surface area contributed by atoms with E-state index < -0.39 is 0 Å². The molecule has 1 heterocycles. The molecule has 1 aliphatic carbocycles. The molecule has 2 aliphatic rings. The number of nitrogen functional groups attached to an aromatic ring is 1. The predicted octanol–water partition coefficient (Wildman–Crippen LogP) is 2.59. The zero-order valence-corrected chi connectivity index (χ0v) is 12.0. The number of fused-ring (bicyclic) bond motifs is 1. The molecule has 0 saturated heterocycles. The first kappa shape index (κ1) is 13.1. The molecule has 108 valence electrons. The SMILES string of the molecule is CC1(C)CCC(Nc2cc3c(cc2N)OCC(=O)N3)C1. The van der Waals surface area contributed by atoms with Gasteiger partial charge in [0.2, 0.25) is 0 Å². The van der Waals surface area contributed by atoms with Gasteiger partial charge in [0, 0.05) is 12.1 Å². The van der Waals surface area contributed by atoms with Crippen molar-refractivity contribution in [2.75, 3.05) is 23.0 Å². The Morgan fingerprint density at radius 2 is 2.25 bits per heavy atom. The van der Waals surface area contributed by atoms with E-state index >= 15 is 0 Å². The Morgan fingerprint density at radius 1 is 1.45 bits per heavy atom. The van der Waals surface area contributed by atoms with Gasteiger partial charge in [0.05, 0.1) is 17.1 Å². The van der Waals surface area contributed by atoms with Gasteiger partial charge in [-0.15, -0.1) is 0 Å². The fourth-order valence-corrected chi connectivity index (χ4v) is 3.05. The Kier molecular flexibility index (Phi) is 3.00. The number of anilines is 3. The quantitative estimate of drug-likeness (QED) is 0.725. The molecule has 20 heavy (non-hydrogen) atoms. The van der Waals surface area contributed by atoms with Gasteiger partial charge < -0.3 is 21.1 Å². The Hall–Kier alpha value is -1.91. The van der Waals surface area contributed by atoms with Crippen molar-refractivity contribution in [3.05, 3.63) is 12.1 Å². The van der Waals surface area contributed by atoms with Crippen LogP contribution in [0.15, 0.2) is 12.1 Å². The Morgan fingerprint density at radius 3 is 2.95 bits per heavy atom. The van der Waals surface area contributed by atoms with Crippen molar-refractivity contribution in [2.24, 2.45) is 5.41 Å². The van der Waals surface area contributed by atoms with Crippen LogP contribution in [0.4, 0.5) is 17.1 Å². The van der Waals surface area contributed by atoms with Crippen LogP contribution in [0.25, 0.3) is 0 Å². The van der Waals surface area contributed by atoms with E-state index in [1.165, 1.54) is 6.42 Å². The number of carbonyl (C=O) groups is 1. The van der Waals surface area contributed by atoms with E-state index in [4.69, 9.17) is 10.5 Å². The molecule has 4 N–H and O–H groups in total. The number of hydrogen-bond acceptors (Lipinski definition) is 4. The van der Waals surface area contributed by atoms with Gasteiger partial charge in [-0.3, -0.25) is 4.79 Å². The van der Waals surface area contributed by atoms with Crippen LogP contribution in [0, 0.1) is 5.41 Å². The van der Waals surface area contributed by atoms with Gasteiger partial charge in [0.15, 0.2) is 6.61 Å². The third-order valence-electron chi connectivity index (χ3n) is 4.11. The summed E-state index contributed by atoms with van der Waals surface area (Å²) in [4.78, 5) is 11.4. The van der Waals surface area contributed by atoms with Crippen LogP contribution in [-0.4, -0.2) is 18.6 Å². The summed E-state index contributed by atoms with van der Waals surface area (Å²) in [5, 5.41) is 6.31. The summed E-state index contributed by atoms with van der Waals surface area (Å²) in [7, 11) is 0. The number of nitrogens with one attached hydrogen (secondary N) is 2. The molecule has 1 amide bonds. The summed E-state index contributed by atoms with van der Waals surface area (Å²) in [5.41, 5.74) is 8.68. The maximum atomic E-state index is 11.4. The third kappa shape index (κ3) is 2.53. The maximum absolute atomic E-state index is 11.4. The van der Waals surface area contributed by atoms with Crippen LogP contribution in [-0.2, 0) is 4.79 Å². The average Bonchev–Trinajstić information content (AvgIpc) is 2.70. The summed E-state index contributed by atoms with van der Waals surface area (Å²) >= 11 is 0. The first-order valence-electron chi connectivity index (χ1n) is 7.06. The minimum atomic E-state index is -0.129. The third-order valence-corrected chi connectivity index (χ3v) is 4.11. The molecule has 1 aromatic carbocycles. The molecule has 1 saturated carbocycles. The minimum absolute atomic E-state index is 0.0516. The fourth-order valence-electron chi connectivity index (χ4n) is 3.05. The lowest BCUT2D eigenvalue weighted by molar-refractivity contribution is -0.118. The van der Waals surface area contributed by atoms with Crippen LogP contribution >= 0.6 is 0 Å². The smallest absolute Gasteiger partial charge is 0.262 e. The zero-order chi connectivity index (χ0) is 14.3. The molecule has 5 nitrogen and oxygen atoms in total. The molecule has 0 spiro atoms. The van der Waals surface area contributed by atoms with E-state index in [1.54, 1.807) is 6.07 Å². The minimum Gasteiger partial charge on any atom is -0.482 e. The maximum Gasteiger partial charge on any atom is 0.262 e. The number of carbonyl (C=O) groups excluding carboxylic acids is 1. The summed E-state index contributed by atoms with van der Waals surface area (Å²) in [5.74, 6) is 0.509. The predicted molar refractivity (Wildman–Crippen MR) is 80.0 cm³/mol. The zero-order valence-electron chi connectivity index (χ0n) is 12.0. The molecule has 3 rings (SSSR count). The number of nitrogens with two attached hydrogens (primary N) is 1.